The predicted octanol–water partition coefficient (Wildman–Crippen LogP) is 1.43. The summed E-state index contributed by atoms with van der Waals surface area (Å²) in [6.45, 7) is -0.581. The number of esters is 1. The number of fused-ring (bicyclic) bond motifs is 1. The molecular weight excluding hydrogens is 584 g/mol. The number of ether oxygens (including phenoxy) is 3. The van der Waals surface area contributed by atoms with Crippen molar-refractivity contribution in [3.63, 3.8) is 0 Å². The Kier molecular flexibility index (Phi) is 8.33. The molecule has 230 valence electrons. The molecule has 1 aliphatic rings. The first kappa shape index (κ1) is 30.2. The lowest BCUT2D eigenvalue weighted by atomic mass is 9.99. The molecule has 0 aliphatic carbocycles. The highest BCUT2D eigenvalue weighted by atomic mass is 16.7. The van der Waals surface area contributed by atoms with Crippen LogP contribution in [-0.4, -0.2) is 84.1 Å². The Morgan fingerprint density at radius 2 is 1.57 bits per heavy atom. The second-order valence-electron chi connectivity index (χ2n) is 9.84. The molecule has 1 aliphatic heterocycles. The van der Waals surface area contributed by atoms with Crippen LogP contribution in [0.25, 0.3) is 28.4 Å². The van der Waals surface area contributed by atoms with Crippen LogP contribution in [0.3, 0.4) is 0 Å². The highest BCUT2D eigenvalue weighted by molar-refractivity contribution is 5.87. The molecule has 0 saturated carbocycles. The lowest BCUT2D eigenvalue weighted by molar-refractivity contribution is -0.278. The zero-order valence-corrected chi connectivity index (χ0v) is 22.5. The normalized spacial score (nSPS) is 21.8. The van der Waals surface area contributed by atoms with E-state index < -0.39 is 66.0 Å². The van der Waals surface area contributed by atoms with E-state index in [0.29, 0.717) is 5.56 Å². The van der Waals surface area contributed by atoms with E-state index in [1.807, 2.05) is 0 Å². The Morgan fingerprint density at radius 3 is 2.32 bits per heavy atom. The van der Waals surface area contributed by atoms with Crippen LogP contribution in [0, 0.1) is 0 Å². The maximum absolute atomic E-state index is 12.6. The molecule has 0 radical (unpaired) electrons. The number of carbonyl (C=O) groups is 1. The summed E-state index contributed by atoms with van der Waals surface area (Å²) in [4.78, 5) is 24.8. The average molecular weight is 611 g/mol. The van der Waals surface area contributed by atoms with Crippen LogP contribution in [0.4, 0.5) is 0 Å². The van der Waals surface area contributed by atoms with Crippen molar-refractivity contribution in [1.29, 1.82) is 0 Å². The summed E-state index contributed by atoms with van der Waals surface area (Å²) in [6, 6.07) is 10.9. The van der Waals surface area contributed by atoms with Gasteiger partial charge >= 0.3 is 5.97 Å². The fourth-order valence-corrected chi connectivity index (χ4v) is 4.46. The molecule has 5 rings (SSSR count). The van der Waals surface area contributed by atoms with E-state index in [-0.39, 0.29) is 39.5 Å². The Balaban J connectivity index is 1.31. The SMILES string of the molecule is O=C(C=Cc1ccc(O)c(O)c1)OCC1OC(Oc2cc(-c3cc(=O)c4c(O)cc(O)cc4o3)ccc2O)C(O)C(O)C1O. The number of hydrogen-bond donors (Lipinski definition) is 8. The fraction of sp³-hybridized carbons (Fsp3) is 0.200. The van der Waals surface area contributed by atoms with Gasteiger partial charge in [-0.25, -0.2) is 4.79 Å². The lowest BCUT2D eigenvalue weighted by Crippen LogP contribution is -2.60. The minimum absolute atomic E-state index is 0.0294. The van der Waals surface area contributed by atoms with Crippen LogP contribution in [0.2, 0.25) is 0 Å². The van der Waals surface area contributed by atoms with Crippen LogP contribution >= 0.6 is 0 Å². The van der Waals surface area contributed by atoms with E-state index in [9.17, 15) is 50.4 Å². The topological polar surface area (TPSA) is 237 Å². The second-order valence-corrected chi connectivity index (χ2v) is 9.84. The van der Waals surface area contributed by atoms with E-state index in [1.165, 1.54) is 42.5 Å². The average Bonchev–Trinajstić information content (AvgIpc) is 2.97. The molecule has 5 unspecified atom stereocenters. The number of hydrogen-bond acceptors (Lipinski definition) is 14. The van der Waals surface area contributed by atoms with Crippen molar-refractivity contribution in [2.24, 2.45) is 0 Å². The first-order valence-corrected chi connectivity index (χ1v) is 13.0. The quantitative estimate of drug-likeness (QED) is 0.0840. The van der Waals surface area contributed by atoms with Crippen LogP contribution in [0.5, 0.6) is 34.5 Å². The van der Waals surface area contributed by atoms with Gasteiger partial charge in [0.1, 0.15) is 59.3 Å². The van der Waals surface area contributed by atoms with Gasteiger partial charge < -0.3 is 59.5 Å². The molecule has 8 N–H and O–H groups in total. The molecule has 14 nitrogen and oxygen atoms in total. The molecule has 44 heavy (non-hydrogen) atoms. The minimum atomic E-state index is -1.81. The van der Waals surface area contributed by atoms with Gasteiger partial charge in [0.15, 0.2) is 28.4 Å². The number of aliphatic hydroxyl groups is 3. The molecule has 1 fully saturated rings. The van der Waals surface area contributed by atoms with Crippen LogP contribution in [-0.2, 0) is 14.3 Å². The lowest BCUT2D eigenvalue weighted by Gasteiger charge is -2.39. The monoisotopic (exact) mass is 610 g/mol. The summed E-state index contributed by atoms with van der Waals surface area (Å²) < 4.78 is 21.9. The maximum Gasteiger partial charge on any atom is 0.330 e. The largest absolute Gasteiger partial charge is 0.508 e. The third-order valence-corrected chi connectivity index (χ3v) is 6.75. The zero-order chi connectivity index (χ0) is 31.7. The van der Waals surface area contributed by atoms with E-state index >= 15 is 0 Å². The van der Waals surface area contributed by atoms with Gasteiger partial charge in [0, 0.05) is 29.8 Å². The standard InChI is InChI=1S/C30H26O14/c31-15-9-19(35)26-20(36)11-21(42-23(26)10-15)14-3-5-17(33)22(8-14)43-30-29(40)28(39)27(38)24(44-30)12-41-25(37)6-2-13-1-4-16(32)18(34)7-13/h1-11,24,27-35,38-40H,12H2. The first-order valence-electron chi connectivity index (χ1n) is 13.0. The van der Waals surface area contributed by atoms with E-state index in [1.54, 1.807) is 0 Å². The van der Waals surface area contributed by atoms with Crippen LogP contribution in [0.1, 0.15) is 5.56 Å². The van der Waals surface area contributed by atoms with Crippen molar-refractivity contribution < 1.29 is 64.3 Å². The molecule has 3 aromatic carbocycles. The predicted molar refractivity (Wildman–Crippen MR) is 150 cm³/mol. The number of rotatable bonds is 7. The number of benzene rings is 3. The number of carbonyl (C=O) groups excluding carboxylic acids is 1. The maximum atomic E-state index is 12.6. The van der Waals surface area contributed by atoms with Crippen molar-refractivity contribution in [1.82, 2.24) is 0 Å². The second kappa shape index (κ2) is 12.1. The Morgan fingerprint density at radius 1 is 0.818 bits per heavy atom. The van der Waals surface area contributed by atoms with Crippen molar-refractivity contribution in [2.75, 3.05) is 6.61 Å². The molecule has 4 aromatic rings. The van der Waals surface area contributed by atoms with Crippen molar-refractivity contribution in [3.05, 3.63) is 76.5 Å². The van der Waals surface area contributed by atoms with Gasteiger partial charge in [-0.15, -0.1) is 0 Å². The van der Waals surface area contributed by atoms with Gasteiger partial charge in [-0.2, -0.15) is 0 Å². The van der Waals surface area contributed by atoms with E-state index in [4.69, 9.17) is 18.6 Å². The number of phenolic OH excluding ortho intramolecular Hbond substituents is 5. The third-order valence-electron chi connectivity index (χ3n) is 6.75. The van der Waals surface area contributed by atoms with Gasteiger partial charge in [0.2, 0.25) is 6.29 Å². The smallest absolute Gasteiger partial charge is 0.330 e. The first-order chi connectivity index (χ1) is 20.9. The van der Waals surface area contributed by atoms with Crippen LogP contribution < -0.4 is 10.2 Å². The Hall–Kier alpha value is -5.28. The van der Waals surface area contributed by atoms with Gasteiger partial charge in [-0.1, -0.05) is 6.07 Å². The molecule has 14 heteroatoms. The molecule has 1 saturated heterocycles. The summed E-state index contributed by atoms with van der Waals surface area (Å²) in [7, 11) is 0. The molecular formula is C30H26O14. The van der Waals surface area contributed by atoms with Crippen LogP contribution in [0.15, 0.2) is 69.9 Å². The Labute approximate surface area is 247 Å². The zero-order valence-electron chi connectivity index (χ0n) is 22.5. The number of aliphatic hydroxyl groups excluding tert-OH is 3. The molecule has 5 atom stereocenters. The summed E-state index contributed by atoms with van der Waals surface area (Å²) in [6.07, 6.45) is -6.07. The molecule has 0 spiro atoms. The summed E-state index contributed by atoms with van der Waals surface area (Å²) >= 11 is 0. The minimum Gasteiger partial charge on any atom is -0.508 e. The van der Waals surface area contributed by atoms with E-state index in [2.05, 4.69) is 0 Å². The Bertz CT molecular complexity index is 1800. The van der Waals surface area contributed by atoms with Crippen molar-refractivity contribution in [2.45, 2.75) is 30.7 Å². The summed E-state index contributed by atoms with van der Waals surface area (Å²) in [5.74, 6) is -3.18. The van der Waals surface area contributed by atoms with Gasteiger partial charge in [0.05, 0.1) is 0 Å². The molecule has 1 aromatic heterocycles. The van der Waals surface area contributed by atoms with E-state index in [0.717, 1.165) is 24.3 Å². The highest BCUT2D eigenvalue weighted by Crippen LogP contribution is 2.36. The summed E-state index contributed by atoms with van der Waals surface area (Å²) in [5.41, 5.74) is -0.160. The third kappa shape index (κ3) is 6.23. The van der Waals surface area contributed by atoms with Gasteiger partial charge in [-0.05, 0) is 42.0 Å². The van der Waals surface area contributed by atoms with Gasteiger partial charge in [-0.3, -0.25) is 4.79 Å². The van der Waals surface area contributed by atoms with Crippen molar-refractivity contribution >= 4 is 23.0 Å². The molecule has 0 amide bonds. The molecule has 0 bridgehead atoms. The highest BCUT2D eigenvalue weighted by Gasteiger charge is 2.45. The van der Waals surface area contributed by atoms with Gasteiger partial charge in [0.25, 0.3) is 0 Å². The fourth-order valence-electron chi connectivity index (χ4n) is 4.46. The number of aromatic hydroxyl groups is 5. The summed E-state index contributed by atoms with van der Waals surface area (Å²) in [5, 5.41) is 80.2. The number of phenols is 5. The molecule has 2 heterocycles. The van der Waals surface area contributed by atoms with Crippen molar-refractivity contribution in [3.8, 4) is 45.8 Å².